The Morgan fingerprint density at radius 2 is 2.00 bits per heavy atom. The van der Waals surface area contributed by atoms with Gasteiger partial charge in [-0.2, -0.15) is 0 Å². The average Bonchev–Trinajstić information content (AvgIpc) is 3.40. The van der Waals surface area contributed by atoms with E-state index in [4.69, 9.17) is 4.98 Å². The van der Waals surface area contributed by atoms with E-state index in [2.05, 4.69) is 15.3 Å². The van der Waals surface area contributed by atoms with Crippen molar-refractivity contribution in [3.63, 3.8) is 0 Å². The molecule has 0 radical (unpaired) electrons. The van der Waals surface area contributed by atoms with Crippen molar-refractivity contribution < 1.29 is 4.79 Å². The molecule has 0 spiro atoms. The lowest BCUT2D eigenvalue weighted by Gasteiger charge is -2.25. The van der Waals surface area contributed by atoms with Crippen molar-refractivity contribution in [3.8, 4) is 11.4 Å². The van der Waals surface area contributed by atoms with Crippen LogP contribution in [0.1, 0.15) is 43.0 Å². The van der Waals surface area contributed by atoms with E-state index in [0.717, 1.165) is 54.7 Å². The molecular formula is C17H18N4O. The van der Waals surface area contributed by atoms with Crippen LogP contribution in [0.15, 0.2) is 30.7 Å². The fourth-order valence-corrected chi connectivity index (χ4v) is 2.97. The lowest BCUT2D eigenvalue weighted by atomic mass is 9.92. The minimum absolute atomic E-state index is 0.0725. The first-order valence-corrected chi connectivity index (χ1v) is 7.88. The summed E-state index contributed by atoms with van der Waals surface area (Å²) >= 11 is 0. The summed E-state index contributed by atoms with van der Waals surface area (Å²) in [6.07, 6.45) is 10.4. The number of rotatable bonds is 3. The zero-order valence-corrected chi connectivity index (χ0v) is 12.3. The van der Waals surface area contributed by atoms with Gasteiger partial charge in [-0.05, 0) is 44.2 Å². The van der Waals surface area contributed by atoms with Gasteiger partial charge in [0.25, 0.3) is 0 Å². The third-order valence-electron chi connectivity index (χ3n) is 4.38. The summed E-state index contributed by atoms with van der Waals surface area (Å²) in [6, 6.07) is 3.90. The fourth-order valence-electron chi connectivity index (χ4n) is 2.97. The van der Waals surface area contributed by atoms with E-state index in [1.165, 1.54) is 0 Å². The summed E-state index contributed by atoms with van der Waals surface area (Å²) in [4.78, 5) is 25.2. The Morgan fingerprint density at radius 1 is 1.18 bits per heavy atom. The molecule has 0 bridgehead atoms. The monoisotopic (exact) mass is 294 g/mol. The quantitative estimate of drug-likeness (QED) is 0.944. The summed E-state index contributed by atoms with van der Waals surface area (Å²) in [5.41, 5.74) is 3.12. The van der Waals surface area contributed by atoms with Crippen molar-refractivity contribution >= 4 is 5.91 Å². The van der Waals surface area contributed by atoms with Gasteiger partial charge >= 0.3 is 0 Å². The topological polar surface area (TPSA) is 67.8 Å². The van der Waals surface area contributed by atoms with Crippen LogP contribution >= 0.6 is 0 Å². The van der Waals surface area contributed by atoms with Crippen LogP contribution in [0.3, 0.4) is 0 Å². The number of carbonyl (C=O) groups excluding carboxylic acids is 1. The summed E-state index contributed by atoms with van der Waals surface area (Å²) in [6.45, 7) is 0. The number of hydrogen-bond acceptors (Lipinski definition) is 4. The predicted octanol–water partition coefficient (Wildman–Crippen LogP) is 2.44. The van der Waals surface area contributed by atoms with Crippen LogP contribution in [0.25, 0.3) is 11.4 Å². The van der Waals surface area contributed by atoms with E-state index < -0.39 is 0 Å². The van der Waals surface area contributed by atoms with Crippen LogP contribution in [0.4, 0.5) is 0 Å². The molecule has 112 valence electrons. The van der Waals surface area contributed by atoms with Crippen molar-refractivity contribution in [2.75, 3.05) is 0 Å². The molecule has 0 unspecified atom stereocenters. The Bertz CT molecular complexity index is 697. The Morgan fingerprint density at radius 3 is 2.77 bits per heavy atom. The second-order valence-corrected chi connectivity index (χ2v) is 6.06. The van der Waals surface area contributed by atoms with Crippen molar-refractivity contribution in [3.05, 3.63) is 42.0 Å². The van der Waals surface area contributed by atoms with Crippen LogP contribution in [0.5, 0.6) is 0 Å². The minimum Gasteiger partial charge on any atom is -0.349 e. The van der Waals surface area contributed by atoms with Gasteiger partial charge in [-0.3, -0.25) is 9.78 Å². The van der Waals surface area contributed by atoms with Gasteiger partial charge in [0, 0.05) is 41.3 Å². The van der Waals surface area contributed by atoms with Crippen LogP contribution in [-0.4, -0.2) is 20.9 Å². The van der Waals surface area contributed by atoms with Gasteiger partial charge in [0.2, 0.25) is 5.91 Å². The number of amides is 1. The number of nitrogens with zero attached hydrogens (tertiary/aromatic N) is 3. The van der Waals surface area contributed by atoms with Crippen LogP contribution < -0.4 is 5.32 Å². The summed E-state index contributed by atoms with van der Waals surface area (Å²) < 4.78 is 0. The Labute approximate surface area is 129 Å². The molecule has 1 fully saturated rings. The van der Waals surface area contributed by atoms with Crippen molar-refractivity contribution in [1.29, 1.82) is 0 Å². The SMILES string of the molecule is O=C(N[C@@H]1CCCc2nc(-c3ccncc3)ncc21)C1CC1. The Kier molecular flexibility index (Phi) is 3.33. The molecule has 0 aliphatic heterocycles. The first kappa shape index (κ1) is 13.4. The normalized spacial score (nSPS) is 20.3. The lowest BCUT2D eigenvalue weighted by molar-refractivity contribution is -0.123. The molecule has 2 aliphatic carbocycles. The number of pyridine rings is 1. The molecule has 2 aliphatic rings. The Hall–Kier alpha value is -2.30. The first-order chi connectivity index (χ1) is 10.8. The molecule has 22 heavy (non-hydrogen) atoms. The molecular weight excluding hydrogens is 276 g/mol. The predicted molar refractivity (Wildman–Crippen MR) is 81.8 cm³/mol. The third kappa shape index (κ3) is 2.58. The Balaban J connectivity index is 1.61. The van der Waals surface area contributed by atoms with Crippen molar-refractivity contribution in [1.82, 2.24) is 20.3 Å². The number of aryl methyl sites for hydroxylation is 1. The molecule has 2 aromatic heterocycles. The van der Waals surface area contributed by atoms with Gasteiger partial charge in [-0.25, -0.2) is 9.97 Å². The molecule has 4 rings (SSSR count). The molecule has 5 heteroatoms. The molecule has 5 nitrogen and oxygen atoms in total. The van der Waals surface area contributed by atoms with Gasteiger partial charge in [0.1, 0.15) is 0 Å². The molecule has 0 aromatic carbocycles. The molecule has 1 N–H and O–H groups in total. The highest BCUT2D eigenvalue weighted by atomic mass is 16.2. The van der Waals surface area contributed by atoms with Gasteiger partial charge in [-0.15, -0.1) is 0 Å². The lowest BCUT2D eigenvalue weighted by Crippen LogP contribution is -2.32. The second-order valence-electron chi connectivity index (χ2n) is 6.06. The van der Waals surface area contributed by atoms with Gasteiger partial charge in [-0.1, -0.05) is 0 Å². The summed E-state index contributed by atoms with van der Waals surface area (Å²) in [7, 11) is 0. The molecule has 1 atom stereocenters. The van der Waals surface area contributed by atoms with Crippen LogP contribution in [-0.2, 0) is 11.2 Å². The maximum absolute atomic E-state index is 12.0. The zero-order chi connectivity index (χ0) is 14.9. The maximum atomic E-state index is 12.0. The first-order valence-electron chi connectivity index (χ1n) is 7.88. The molecule has 0 saturated heterocycles. The van der Waals surface area contributed by atoms with Crippen molar-refractivity contribution in [2.45, 2.75) is 38.1 Å². The van der Waals surface area contributed by atoms with Crippen LogP contribution in [0.2, 0.25) is 0 Å². The van der Waals surface area contributed by atoms with Crippen molar-refractivity contribution in [2.24, 2.45) is 5.92 Å². The van der Waals surface area contributed by atoms with E-state index >= 15 is 0 Å². The minimum atomic E-state index is 0.0725. The highest BCUT2D eigenvalue weighted by molar-refractivity contribution is 5.81. The molecule has 1 saturated carbocycles. The van der Waals surface area contributed by atoms with Gasteiger partial charge < -0.3 is 5.32 Å². The number of carbonyl (C=O) groups is 1. The van der Waals surface area contributed by atoms with E-state index in [-0.39, 0.29) is 17.9 Å². The van der Waals surface area contributed by atoms with E-state index in [0.29, 0.717) is 0 Å². The molecule has 2 heterocycles. The van der Waals surface area contributed by atoms with E-state index in [1.54, 1.807) is 12.4 Å². The molecule has 1 amide bonds. The summed E-state index contributed by atoms with van der Waals surface area (Å²) in [5, 5.41) is 3.17. The maximum Gasteiger partial charge on any atom is 0.223 e. The third-order valence-corrected chi connectivity index (χ3v) is 4.38. The van der Waals surface area contributed by atoms with Gasteiger partial charge in [0.05, 0.1) is 6.04 Å². The van der Waals surface area contributed by atoms with E-state index in [9.17, 15) is 4.79 Å². The molecule has 2 aromatic rings. The average molecular weight is 294 g/mol. The fraction of sp³-hybridized carbons (Fsp3) is 0.412. The standard InChI is InChI=1S/C17H18N4O/c22-17(12-4-5-12)21-15-3-1-2-14-13(15)10-19-16(20-14)11-6-8-18-9-7-11/h6-10,12,15H,1-5H2,(H,21,22)/t15-/m1/s1. The number of hydrogen-bond donors (Lipinski definition) is 1. The van der Waals surface area contributed by atoms with Crippen LogP contribution in [0, 0.1) is 5.92 Å². The highest BCUT2D eigenvalue weighted by Gasteiger charge is 2.32. The number of nitrogens with one attached hydrogen (secondary N) is 1. The van der Waals surface area contributed by atoms with E-state index in [1.807, 2.05) is 18.3 Å². The number of fused-ring (bicyclic) bond motifs is 1. The highest BCUT2D eigenvalue weighted by Crippen LogP contribution is 2.33. The second kappa shape index (κ2) is 5.48. The largest absolute Gasteiger partial charge is 0.349 e. The number of aromatic nitrogens is 3. The zero-order valence-electron chi connectivity index (χ0n) is 12.3. The smallest absolute Gasteiger partial charge is 0.223 e. The summed E-state index contributed by atoms with van der Waals surface area (Å²) in [5.74, 6) is 1.16. The van der Waals surface area contributed by atoms with Gasteiger partial charge in [0.15, 0.2) is 5.82 Å².